The number of furan rings is 1. The van der Waals surface area contributed by atoms with Crippen molar-refractivity contribution in [2.24, 2.45) is 0 Å². The molecule has 5 aromatic heterocycles. The molecular weight excluding hydrogens is 651 g/mol. The maximum Gasteiger partial charge on any atom is 0.163 e. The van der Waals surface area contributed by atoms with Gasteiger partial charge in [0.15, 0.2) is 11.6 Å². The fourth-order valence-corrected chi connectivity index (χ4v) is 7.09. The van der Waals surface area contributed by atoms with Gasteiger partial charge in [-0.15, -0.1) is 0 Å². The number of hydrogen-bond acceptors (Lipinski definition) is 6. The Labute approximate surface area is 305 Å². The molecule has 5 heterocycles. The van der Waals surface area contributed by atoms with Gasteiger partial charge in [-0.25, -0.2) is 15.0 Å². The van der Waals surface area contributed by atoms with Crippen LogP contribution in [0.15, 0.2) is 181 Å². The van der Waals surface area contributed by atoms with Crippen molar-refractivity contribution in [1.29, 1.82) is 0 Å². The van der Waals surface area contributed by atoms with E-state index >= 15 is 0 Å². The average Bonchev–Trinajstić information content (AvgIpc) is 3.65. The van der Waals surface area contributed by atoms with Gasteiger partial charge in [-0.3, -0.25) is 9.97 Å². The number of hydrogen-bond donors (Lipinski definition) is 0. The van der Waals surface area contributed by atoms with E-state index in [1.807, 2.05) is 103 Å². The summed E-state index contributed by atoms with van der Waals surface area (Å²) in [7, 11) is 0. The predicted octanol–water partition coefficient (Wildman–Crippen LogP) is 11.7. The van der Waals surface area contributed by atoms with E-state index in [1.165, 1.54) is 0 Å². The molecule has 0 aliphatic carbocycles. The van der Waals surface area contributed by atoms with Crippen molar-refractivity contribution >= 4 is 32.8 Å². The summed E-state index contributed by atoms with van der Waals surface area (Å²) in [6.45, 7) is 0. The quantitative estimate of drug-likeness (QED) is 0.174. The van der Waals surface area contributed by atoms with Gasteiger partial charge in [0.25, 0.3) is 0 Å². The number of nitrogens with zero attached hydrogens (tertiary/aromatic N) is 5. The Morgan fingerprint density at radius 3 is 1.75 bits per heavy atom. The molecule has 0 spiro atoms. The van der Waals surface area contributed by atoms with Crippen LogP contribution in [0, 0.1) is 0 Å². The normalized spacial score (nSPS) is 11.4. The third kappa shape index (κ3) is 5.41. The van der Waals surface area contributed by atoms with E-state index in [0.717, 1.165) is 88.9 Å². The highest BCUT2D eigenvalue weighted by atomic mass is 16.3. The SMILES string of the molecule is c1ccc(-c2nc(-c3ccc(-c4ccc5c(c4)nc(-c4ccccc4)c4c(-c6ccccn6)c(-c6ccccn6)oc45)cc3)c3ccccc3n2)cc1. The Morgan fingerprint density at radius 1 is 0.396 bits per heavy atom. The van der Waals surface area contributed by atoms with E-state index in [0.29, 0.717) is 11.6 Å². The monoisotopic (exact) mass is 679 g/mol. The van der Waals surface area contributed by atoms with Gasteiger partial charge in [-0.1, -0.05) is 121 Å². The maximum absolute atomic E-state index is 6.85. The summed E-state index contributed by atoms with van der Waals surface area (Å²) in [5.41, 5.74) is 11.8. The van der Waals surface area contributed by atoms with Crippen LogP contribution in [-0.4, -0.2) is 24.9 Å². The molecule has 0 saturated carbocycles. The summed E-state index contributed by atoms with van der Waals surface area (Å²) in [6, 6.07) is 55.3. The smallest absolute Gasteiger partial charge is 0.163 e. The highest BCUT2D eigenvalue weighted by molar-refractivity contribution is 6.16. The largest absolute Gasteiger partial charge is 0.453 e. The Balaban J connectivity index is 1.13. The maximum atomic E-state index is 6.85. The van der Waals surface area contributed by atoms with Crippen LogP contribution in [0.5, 0.6) is 0 Å². The van der Waals surface area contributed by atoms with Gasteiger partial charge in [0.2, 0.25) is 0 Å². The van der Waals surface area contributed by atoms with Crippen LogP contribution in [-0.2, 0) is 0 Å². The molecule has 0 fully saturated rings. The Kier molecular flexibility index (Phi) is 7.36. The van der Waals surface area contributed by atoms with Crippen LogP contribution in [0.25, 0.3) is 101 Å². The summed E-state index contributed by atoms with van der Waals surface area (Å²) in [4.78, 5) is 24.8. The van der Waals surface area contributed by atoms with E-state index in [2.05, 4.69) is 65.6 Å². The summed E-state index contributed by atoms with van der Waals surface area (Å²) in [6.07, 6.45) is 3.59. The molecular formula is C47H29N5O. The first-order valence-electron chi connectivity index (χ1n) is 17.5. The van der Waals surface area contributed by atoms with Gasteiger partial charge in [0.05, 0.1) is 39.1 Å². The zero-order valence-electron chi connectivity index (χ0n) is 28.4. The number of aromatic nitrogens is 5. The molecule has 5 aromatic carbocycles. The van der Waals surface area contributed by atoms with Crippen LogP contribution in [0.2, 0.25) is 0 Å². The predicted molar refractivity (Wildman–Crippen MR) is 213 cm³/mol. The first-order valence-corrected chi connectivity index (χ1v) is 17.5. The van der Waals surface area contributed by atoms with Gasteiger partial charge in [-0.2, -0.15) is 0 Å². The van der Waals surface area contributed by atoms with Gasteiger partial charge in [0, 0.05) is 39.9 Å². The van der Waals surface area contributed by atoms with Crippen molar-refractivity contribution in [3.63, 3.8) is 0 Å². The standard InChI is InChI=1S/C47H29N5O/c1-3-13-31(14-4-1)44-42-41(38-19-9-11-27-48-38)46(39-20-10-12-28-49-39)53-45(42)36-26-25-34(29-40(36)50-44)30-21-23-32(24-22-30)43-35-17-7-8-18-37(35)51-47(52-43)33-15-5-2-6-16-33/h1-29H. The van der Waals surface area contributed by atoms with Crippen LogP contribution >= 0.6 is 0 Å². The molecule has 248 valence electrons. The van der Waals surface area contributed by atoms with Gasteiger partial charge in [0.1, 0.15) is 11.3 Å². The molecule has 10 aromatic rings. The molecule has 0 saturated heterocycles. The van der Waals surface area contributed by atoms with Crippen molar-refractivity contribution < 1.29 is 4.42 Å². The lowest BCUT2D eigenvalue weighted by molar-refractivity contribution is 0.632. The van der Waals surface area contributed by atoms with Gasteiger partial charge >= 0.3 is 0 Å². The number of pyridine rings is 3. The van der Waals surface area contributed by atoms with Gasteiger partial charge < -0.3 is 4.42 Å². The second-order valence-electron chi connectivity index (χ2n) is 12.9. The molecule has 0 amide bonds. The van der Waals surface area contributed by atoms with Crippen molar-refractivity contribution in [2.45, 2.75) is 0 Å². The fraction of sp³-hybridized carbons (Fsp3) is 0. The zero-order chi connectivity index (χ0) is 35.1. The van der Waals surface area contributed by atoms with Crippen LogP contribution in [0.4, 0.5) is 0 Å². The van der Waals surface area contributed by atoms with Crippen molar-refractivity contribution in [3.8, 4) is 67.7 Å². The molecule has 53 heavy (non-hydrogen) atoms. The zero-order valence-corrected chi connectivity index (χ0v) is 28.4. The average molecular weight is 680 g/mol. The minimum absolute atomic E-state index is 0.665. The molecule has 0 bridgehead atoms. The van der Waals surface area contributed by atoms with Crippen LogP contribution < -0.4 is 0 Å². The minimum atomic E-state index is 0.665. The van der Waals surface area contributed by atoms with E-state index in [-0.39, 0.29) is 0 Å². The first-order chi connectivity index (χ1) is 26.3. The molecule has 0 unspecified atom stereocenters. The Morgan fingerprint density at radius 2 is 1.02 bits per heavy atom. The highest BCUT2D eigenvalue weighted by Crippen LogP contribution is 2.46. The Hall–Kier alpha value is -7.31. The first kappa shape index (κ1) is 30.5. The molecule has 0 atom stereocenters. The fourth-order valence-electron chi connectivity index (χ4n) is 7.09. The molecule has 0 aliphatic heterocycles. The minimum Gasteiger partial charge on any atom is -0.453 e. The number of rotatable bonds is 6. The van der Waals surface area contributed by atoms with Crippen LogP contribution in [0.1, 0.15) is 0 Å². The summed E-state index contributed by atoms with van der Waals surface area (Å²) < 4.78 is 6.85. The second-order valence-corrected chi connectivity index (χ2v) is 12.9. The topological polar surface area (TPSA) is 77.6 Å². The third-order valence-corrected chi connectivity index (χ3v) is 9.61. The Bertz CT molecular complexity index is 2910. The lowest BCUT2D eigenvalue weighted by atomic mass is 9.96. The summed E-state index contributed by atoms with van der Waals surface area (Å²) >= 11 is 0. The third-order valence-electron chi connectivity index (χ3n) is 9.61. The lowest BCUT2D eigenvalue weighted by Gasteiger charge is -2.11. The van der Waals surface area contributed by atoms with E-state index in [4.69, 9.17) is 24.4 Å². The molecule has 6 nitrogen and oxygen atoms in total. The molecule has 0 N–H and O–H groups in total. The van der Waals surface area contributed by atoms with Crippen molar-refractivity contribution in [3.05, 3.63) is 176 Å². The van der Waals surface area contributed by atoms with Gasteiger partial charge in [-0.05, 0) is 53.6 Å². The molecule has 6 heteroatoms. The van der Waals surface area contributed by atoms with E-state index < -0.39 is 0 Å². The second kappa shape index (κ2) is 12.8. The van der Waals surface area contributed by atoms with E-state index in [1.54, 1.807) is 12.4 Å². The van der Waals surface area contributed by atoms with Crippen molar-refractivity contribution in [1.82, 2.24) is 24.9 Å². The number of fused-ring (bicyclic) bond motifs is 4. The summed E-state index contributed by atoms with van der Waals surface area (Å²) in [5.74, 6) is 1.37. The van der Waals surface area contributed by atoms with E-state index in [9.17, 15) is 0 Å². The molecule has 0 aliphatic rings. The number of benzene rings is 5. The van der Waals surface area contributed by atoms with Crippen molar-refractivity contribution in [2.75, 3.05) is 0 Å². The summed E-state index contributed by atoms with van der Waals surface area (Å²) in [5, 5.41) is 2.84. The highest BCUT2D eigenvalue weighted by Gasteiger charge is 2.25. The molecule has 10 rings (SSSR count). The van der Waals surface area contributed by atoms with Crippen LogP contribution in [0.3, 0.4) is 0 Å². The molecule has 0 radical (unpaired) electrons. The lowest BCUT2D eigenvalue weighted by Crippen LogP contribution is -1.95. The number of para-hydroxylation sites is 1.